The SMILES string of the molecule is CN(C)Cc1ccccc1SCC(C)(C)O. The van der Waals surface area contributed by atoms with Gasteiger partial charge in [-0.15, -0.1) is 11.8 Å². The zero-order valence-corrected chi connectivity index (χ0v) is 11.3. The maximum Gasteiger partial charge on any atom is 0.0685 e. The van der Waals surface area contributed by atoms with Crippen molar-refractivity contribution < 1.29 is 5.11 Å². The molecule has 0 aliphatic carbocycles. The number of nitrogens with zero attached hydrogens (tertiary/aromatic N) is 1. The van der Waals surface area contributed by atoms with Gasteiger partial charge in [0.15, 0.2) is 0 Å². The molecule has 90 valence electrons. The molecule has 1 aromatic rings. The van der Waals surface area contributed by atoms with E-state index in [0.29, 0.717) is 0 Å². The van der Waals surface area contributed by atoms with E-state index in [1.807, 2.05) is 19.9 Å². The Bertz CT molecular complexity index is 331. The fourth-order valence-corrected chi connectivity index (χ4v) is 2.37. The van der Waals surface area contributed by atoms with Crippen LogP contribution in [-0.2, 0) is 6.54 Å². The van der Waals surface area contributed by atoms with Crippen molar-refractivity contribution in [2.75, 3.05) is 19.8 Å². The maximum atomic E-state index is 9.72. The number of benzene rings is 1. The molecule has 2 nitrogen and oxygen atoms in total. The lowest BCUT2D eigenvalue weighted by molar-refractivity contribution is 0.107. The highest BCUT2D eigenvalue weighted by Gasteiger charge is 2.14. The van der Waals surface area contributed by atoms with Crippen molar-refractivity contribution >= 4 is 11.8 Å². The quantitative estimate of drug-likeness (QED) is 0.799. The zero-order chi connectivity index (χ0) is 12.2. The van der Waals surface area contributed by atoms with Crippen LogP contribution in [0.15, 0.2) is 29.2 Å². The van der Waals surface area contributed by atoms with Gasteiger partial charge >= 0.3 is 0 Å². The molecule has 0 aliphatic rings. The Morgan fingerprint density at radius 3 is 2.44 bits per heavy atom. The van der Waals surface area contributed by atoms with Gasteiger partial charge in [-0.25, -0.2) is 0 Å². The van der Waals surface area contributed by atoms with Crippen LogP contribution in [0.25, 0.3) is 0 Å². The number of hydrogen-bond acceptors (Lipinski definition) is 3. The molecule has 0 atom stereocenters. The monoisotopic (exact) mass is 239 g/mol. The average Bonchev–Trinajstić information content (AvgIpc) is 2.14. The number of aliphatic hydroxyl groups is 1. The third-order valence-corrected chi connectivity index (χ3v) is 3.60. The molecule has 0 spiro atoms. The molecule has 0 aromatic heterocycles. The zero-order valence-electron chi connectivity index (χ0n) is 10.5. The summed E-state index contributed by atoms with van der Waals surface area (Å²) >= 11 is 1.72. The Kier molecular flexibility index (Phi) is 4.84. The van der Waals surface area contributed by atoms with E-state index in [1.54, 1.807) is 11.8 Å². The van der Waals surface area contributed by atoms with Crippen molar-refractivity contribution in [2.24, 2.45) is 0 Å². The van der Waals surface area contributed by atoms with Gasteiger partial charge < -0.3 is 10.0 Å². The Labute approximate surface area is 103 Å². The summed E-state index contributed by atoms with van der Waals surface area (Å²) in [4.78, 5) is 3.42. The largest absolute Gasteiger partial charge is 0.390 e. The molecule has 0 radical (unpaired) electrons. The highest BCUT2D eigenvalue weighted by molar-refractivity contribution is 7.99. The molecule has 16 heavy (non-hydrogen) atoms. The van der Waals surface area contributed by atoms with E-state index >= 15 is 0 Å². The molecular formula is C13H21NOS. The summed E-state index contributed by atoms with van der Waals surface area (Å²) in [6, 6.07) is 8.38. The van der Waals surface area contributed by atoms with Crippen LogP contribution < -0.4 is 0 Å². The Hall–Kier alpha value is -0.510. The minimum absolute atomic E-state index is 0.615. The van der Waals surface area contributed by atoms with Crippen LogP contribution in [0.3, 0.4) is 0 Å². The molecule has 0 amide bonds. The van der Waals surface area contributed by atoms with Crippen molar-refractivity contribution in [1.29, 1.82) is 0 Å². The van der Waals surface area contributed by atoms with E-state index in [9.17, 15) is 5.11 Å². The number of hydrogen-bond donors (Lipinski definition) is 1. The average molecular weight is 239 g/mol. The lowest BCUT2D eigenvalue weighted by atomic mass is 10.2. The predicted octanol–water partition coefficient (Wildman–Crippen LogP) is 2.61. The van der Waals surface area contributed by atoms with E-state index in [2.05, 4.69) is 37.2 Å². The first-order chi connectivity index (χ1) is 7.38. The lowest BCUT2D eigenvalue weighted by Crippen LogP contribution is -2.21. The van der Waals surface area contributed by atoms with Crippen LogP contribution >= 0.6 is 11.8 Å². The van der Waals surface area contributed by atoms with Crippen LogP contribution in [-0.4, -0.2) is 35.5 Å². The molecule has 0 unspecified atom stereocenters. The first-order valence-corrected chi connectivity index (χ1v) is 6.45. The fraction of sp³-hybridized carbons (Fsp3) is 0.538. The predicted molar refractivity (Wildman–Crippen MR) is 70.9 cm³/mol. The fourth-order valence-electron chi connectivity index (χ4n) is 1.37. The lowest BCUT2D eigenvalue weighted by Gasteiger charge is -2.18. The first-order valence-electron chi connectivity index (χ1n) is 5.46. The Morgan fingerprint density at radius 1 is 1.25 bits per heavy atom. The first kappa shape index (κ1) is 13.6. The van der Waals surface area contributed by atoms with Crippen molar-refractivity contribution in [3.05, 3.63) is 29.8 Å². The van der Waals surface area contributed by atoms with Crippen molar-refractivity contribution in [2.45, 2.75) is 30.9 Å². The topological polar surface area (TPSA) is 23.5 Å². The second-order valence-corrected chi connectivity index (χ2v) is 5.96. The normalized spacial score (nSPS) is 12.1. The van der Waals surface area contributed by atoms with Gasteiger partial charge in [-0.3, -0.25) is 0 Å². The summed E-state index contributed by atoms with van der Waals surface area (Å²) in [5, 5.41) is 9.72. The number of rotatable bonds is 5. The van der Waals surface area contributed by atoms with Crippen molar-refractivity contribution in [1.82, 2.24) is 4.90 Å². The molecule has 1 N–H and O–H groups in total. The Morgan fingerprint density at radius 2 is 1.88 bits per heavy atom. The summed E-state index contributed by atoms with van der Waals surface area (Å²) in [7, 11) is 4.13. The van der Waals surface area contributed by atoms with Gasteiger partial charge in [-0.05, 0) is 39.6 Å². The van der Waals surface area contributed by atoms with E-state index < -0.39 is 5.60 Å². The highest BCUT2D eigenvalue weighted by atomic mass is 32.2. The molecule has 3 heteroatoms. The molecule has 0 bridgehead atoms. The minimum atomic E-state index is -0.615. The van der Waals surface area contributed by atoms with Crippen molar-refractivity contribution in [3.63, 3.8) is 0 Å². The van der Waals surface area contributed by atoms with Gasteiger partial charge in [0.25, 0.3) is 0 Å². The number of thioether (sulfide) groups is 1. The minimum Gasteiger partial charge on any atom is -0.390 e. The van der Waals surface area contributed by atoms with E-state index in [0.717, 1.165) is 12.3 Å². The smallest absolute Gasteiger partial charge is 0.0685 e. The molecule has 0 heterocycles. The molecular weight excluding hydrogens is 218 g/mol. The van der Waals surface area contributed by atoms with Gasteiger partial charge in [0, 0.05) is 17.2 Å². The van der Waals surface area contributed by atoms with Crippen LogP contribution in [0.4, 0.5) is 0 Å². The van der Waals surface area contributed by atoms with Gasteiger partial charge in [-0.1, -0.05) is 18.2 Å². The van der Waals surface area contributed by atoms with Gasteiger partial charge in [0.2, 0.25) is 0 Å². The summed E-state index contributed by atoms with van der Waals surface area (Å²) in [6.07, 6.45) is 0. The van der Waals surface area contributed by atoms with E-state index in [-0.39, 0.29) is 0 Å². The van der Waals surface area contributed by atoms with Crippen LogP contribution in [0.5, 0.6) is 0 Å². The highest BCUT2D eigenvalue weighted by Crippen LogP contribution is 2.26. The van der Waals surface area contributed by atoms with Crippen LogP contribution in [0.2, 0.25) is 0 Å². The van der Waals surface area contributed by atoms with E-state index in [4.69, 9.17) is 0 Å². The van der Waals surface area contributed by atoms with Crippen molar-refractivity contribution in [3.8, 4) is 0 Å². The molecule has 0 fully saturated rings. The molecule has 1 aromatic carbocycles. The second-order valence-electron chi connectivity index (χ2n) is 4.95. The molecule has 0 saturated heterocycles. The molecule has 1 rings (SSSR count). The summed E-state index contributed by atoms with van der Waals surface area (Å²) < 4.78 is 0. The van der Waals surface area contributed by atoms with Gasteiger partial charge in [-0.2, -0.15) is 0 Å². The van der Waals surface area contributed by atoms with E-state index in [1.165, 1.54) is 10.5 Å². The summed E-state index contributed by atoms with van der Waals surface area (Å²) in [6.45, 7) is 4.62. The van der Waals surface area contributed by atoms with Crippen LogP contribution in [0, 0.1) is 0 Å². The van der Waals surface area contributed by atoms with Gasteiger partial charge in [0.1, 0.15) is 0 Å². The second kappa shape index (κ2) is 5.71. The standard InChI is InChI=1S/C13H21NOS/c1-13(2,15)10-16-12-8-6-5-7-11(12)9-14(3)4/h5-8,15H,9-10H2,1-4H3. The Balaban J connectivity index is 2.71. The molecule has 0 saturated carbocycles. The third kappa shape index (κ3) is 5.01. The third-order valence-electron chi connectivity index (χ3n) is 2.04. The maximum absolute atomic E-state index is 9.72. The summed E-state index contributed by atoms with van der Waals surface area (Å²) in [5.74, 6) is 0.720. The molecule has 0 aliphatic heterocycles. The van der Waals surface area contributed by atoms with Crippen LogP contribution in [0.1, 0.15) is 19.4 Å². The van der Waals surface area contributed by atoms with Gasteiger partial charge in [0.05, 0.1) is 5.60 Å². The summed E-state index contributed by atoms with van der Waals surface area (Å²) in [5.41, 5.74) is 0.706.